The van der Waals surface area contributed by atoms with Crippen molar-refractivity contribution in [1.82, 2.24) is 4.98 Å². The van der Waals surface area contributed by atoms with Crippen LogP contribution in [-0.2, 0) is 4.74 Å². The van der Waals surface area contributed by atoms with E-state index in [0.29, 0.717) is 0 Å². The molecule has 1 aromatic rings. The maximum absolute atomic E-state index is 5.26. The minimum atomic E-state index is 0.828. The van der Waals surface area contributed by atoms with E-state index in [9.17, 15) is 0 Å². The van der Waals surface area contributed by atoms with Gasteiger partial charge in [-0.3, -0.25) is 4.98 Å². The fraction of sp³-hybridized carbons (Fsp3) is 0.545. The molecule has 0 spiro atoms. The van der Waals surface area contributed by atoms with Crippen LogP contribution in [0.1, 0.15) is 13.8 Å². The zero-order valence-electron chi connectivity index (χ0n) is 8.94. The molecule has 2 rings (SSSR count). The Kier molecular flexibility index (Phi) is 5.00. The lowest BCUT2D eigenvalue weighted by Crippen LogP contribution is -2.36. The summed E-state index contributed by atoms with van der Waals surface area (Å²) >= 11 is 0. The second-order valence-electron chi connectivity index (χ2n) is 2.81. The molecule has 0 bridgehead atoms. The van der Waals surface area contributed by atoms with Gasteiger partial charge in [0.25, 0.3) is 0 Å². The molecule has 1 aliphatic heterocycles. The molecule has 14 heavy (non-hydrogen) atoms. The van der Waals surface area contributed by atoms with Crippen molar-refractivity contribution >= 4 is 5.69 Å². The van der Waals surface area contributed by atoms with Crippen LogP contribution in [0, 0.1) is 0 Å². The SMILES string of the molecule is CC.c1cncc(N2CCOCC2)c1. The molecule has 0 unspecified atom stereocenters. The number of ether oxygens (including phenoxy) is 1. The maximum atomic E-state index is 5.26. The van der Waals surface area contributed by atoms with Crippen molar-refractivity contribution in [1.29, 1.82) is 0 Å². The average molecular weight is 194 g/mol. The van der Waals surface area contributed by atoms with Gasteiger partial charge in [0, 0.05) is 19.3 Å². The first-order valence-electron chi connectivity index (χ1n) is 5.19. The maximum Gasteiger partial charge on any atom is 0.0642 e. The molecule has 1 aliphatic rings. The molecule has 3 heteroatoms. The number of anilines is 1. The first-order chi connectivity index (χ1) is 6.97. The van der Waals surface area contributed by atoms with Gasteiger partial charge in [-0.25, -0.2) is 0 Å². The Morgan fingerprint density at radius 1 is 1.29 bits per heavy atom. The minimum absolute atomic E-state index is 0.828. The quantitative estimate of drug-likeness (QED) is 0.683. The molecule has 0 radical (unpaired) electrons. The minimum Gasteiger partial charge on any atom is -0.378 e. The van der Waals surface area contributed by atoms with E-state index >= 15 is 0 Å². The Morgan fingerprint density at radius 3 is 2.57 bits per heavy atom. The Labute approximate surface area is 85.7 Å². The van der Waals surface area contributed by atoms with Crippen LogP contribution < -0.4 is 4.90 Å². The molecule has 78 valence electrons. The molecule has 1 saturated heterocycles. The zero-order chi connectivity index (χ0) is 10.2. The molecule has 0 saturated carbocycles. The van der Waals surface area contributed by atoms with E-state index in [4.69, 9.17) is 4.74 Å². The van der Waals surface area contributed by atoms with Crippen LogP contribution in [0.3, 0.4) is 0 Å². The summed E-state index contributed by atoms with van der Waals surface area (Å²) < 4.78 is 5.26. The molecule has 0 atom stereocenters. The lowest BCUT2D eigenvalue weighted by atomic mass is 10.3. The van der Waals surface area contributed by atoms with Crippen molar-refractivity contribution in [2.75, 3.05) is 31.2 Å². The lowest BCUT2D eigenvalue weighted by molar-refractivity contribution is 0.122. The van der Waals surface area contributed by atoms with Crippen molar-refractivity contribution in [2.24, 2.45) is 0 Å². The monoisotopic (exact) mass is 194 g/mol. The van der Waals surface area contributed by atoms with E-state index in [1.165, 1.54) is 5.69 Å². The predicted octanol–water partition coefficient (Wildman–Crippen LogP) is 1.94. The predicted molar refractivity (Wildman–Crippen MR) is 58.6 cm³/mol. The number of aromatic nitrogens is 1. The third-order valence-corrected chi connectivity index (χ3v) is 2.02. The summed E-state index contributed by atoms with van der Waals surface area (Å²) in [6.07, 6.45) is 3.69. The van der Waals surface area contributed by atoms with E-state index < -0.39 is 0 Å². The summed E-state index contributed by atoms with van der Waals surface area (Å²) in [5.41, 5.74) is 1.20. The first-order valence-corrected chi connectivity index (χ1v) is 5.19. The Balaban J connectivity index is 0.000000461. The van der Waals surface area contributed by atoms with Crippen LogP contribution in [0.2, 0.25) is 0 Å². The highest BCUT2D eigenvalue weighted by atomic mass is 16.5. The smallest absolute Gasteiger partial charge is 0.0642 e. The second kappa shape index (κ2) is 6.38. The Hall–Kier alpha value is -1.09. The average Bonchev–Trinajstić information content (AvgIpc) is 2.34. The number of hydrogen-bond acceptors (Lipinski definition) is 3. The van der Waals surface area contributed by atoms with E-state index in [1.54, 1.807) is 6.20 Å². The molecule has 3 nitrogen and oxygen atoms in total. The third kappa shape index (κ3) is 3.00. The van der Waals surface area contributed by atoms with Gasteiger partial charge in [0.15, 0.2) is 0 Å². The van der Waals surface area contributed by atoms with Crippen LogP contribution in [-0.4, -0.2) is 31.3 Å². The summed E-state index contributed by atoms with van der Waals surface area (Å²) in [7, 11) is 0. The topological polar surface area (TPSA) is 25.4 Å². The van der Waals surface area contributed by atoms with Crippen LogP contribution >= 0.6 is 0 Å². The van der Waals surface area contributed by atoms with E-state index in [1.807, 2.05) is 26.1 Å². The normalized spacial score (nSPS) is 15.7. The van der Waals surface area contributed by atoms with Gasteiger partial charge in [-0.1, -0.05) is 13.8 Å². The van der Waals surface area contributed by atoms with Crippen LogP contribution in [0.15, 0.2) is 24.5 Å². The van der Waals surface area contributed by atoms with Crippen molar-refractivity contribution in [3.05, 3.63) is 24.5 Å². The standard InChI is InChI=1S/C9H12N2O.C2H6/c1-2-9(8-10-3-1)11-4-6-12-7-5-11;1-2/h1-3,8H,4-7H2;1-2H3. The molecule has 0 aliphatic carbocycles. The van der Waals surface area contributed by atoms with Gasteiger partial charge in [0.1, 0.15) is 0 Å². The van der Waals surface area contributed by atoms with Crippen molar-refractivity contribution in [3.8, 4) is 0 Å². The molecule has 1 aromatic heterocycles. The number of pyridine rings is 1. The molecule has 0 amide bonds. The number of rotatable bonds is 1. The van der Waals surface area contributed by atoms with Gasteiger partial charge in [0.05, 0.1) is 25.1 Å². The van der Waals surface area contributed by atoms with Crippen molar-refractivity contribution < 1.29 is 4.74 Å². The van der Waals surface area contributed by atoms with Crippen LogP contribution in [0.5, 0.6) is 0 Å². The number of morpholine rings is 1. The zero-order valence-corrected chi connectivity index (χ0v) is 8.94. The van der Waals surface area contributed by atoms with Crippen molar-refractivity contribution in [3.63, 3.8) is 0 Å². The van der Waals surface area contributed by atoms with Crippen molar-refractivity contribution in [2.45, 2.75) is 13.8 Å². The van der Waals surface area contributed by atoms with Crippen LogP contribution in [0.4, 0.5) is 5.69 Å². The number of nitrogens with zero attached hydrogens (tertiary/aromatic N) is 2. The molecule has 1 fully saturated rings. The van der Waals surface area contributed by atoms with E-state index in [2.05, 4.69) is 16.0 Å². The molecule has 2 heterocycles. The number of hydrogen-bond donors (Lipinski definition) is 0. The fourth-order valence-corrected chi connectivity index (χ4v) is 1.36. The van der Waals surface area contributed by atoms with Gasteiger partial charge in [-0.2, -0.15) is 0 Å². The summed E-state index contributed by atoms with van der Waals surface area (Å²) in [5.74, 6) is 0. The van der Waals surface area contributed by atoms with Gasteiger partial charge >= 0.3 is 0 Å². The van der Waals surface area contributed by atoms with E-state index in [-0.39, 0.29) is 0 Å². The summed E-state index contributed by atoms with van der Waals surface area (Å²) in [5, 5.41) is 0. The lowest BCUT2D eigenvalue weighted by Gasteiger charge is -2.28. The second-order valence-corrected chi connectivity index (χ2v) is 2.81. The summed E-state index contributed by atoms with van der Waals surface area (Å²) in [6, 6.07) is 4.04. The molecular formula is C11H18N2O. The highest BCUT2D eigenvalue weighted by molar-refractivity contribution is 5.43. The third-order valence-electron chi connectivity index (χ3n) is 2.02. The molecule has 0 N–H and O–H groups in total. The molecular weight excluding hydrogens is 176 g/mol. The van der Waals surface area contributed by atoms with Crippen LogP contribution in [0.25, 0.3) is 0 Å². The first kappa shape index (κ1) is 11.0. The van der Waals surface area contributed by atoms with E-state index in [0.717, 1.165) is 26.3 Å². The fourth-order valence-electron chi connectivity index (χ4n) is 1.36. The summed E-state index contributed by atoms with van der Waals surface area (Å²) in [4.78, 5) is 6.37. The highest BCUT2D eigenvalue weighted by Crippen LogP contribution is 2.12. The Bertz CT molecular complexity index is 232. The highest BCUT2D eigenvalue weighted by Gasteiger charge is 2.09. The summed E-state index contributed by atoms with van der Waals surface area (Å²) in [6.45, 7) is 7.61. The molecule has 0 aromatic carbocycles. The Morgan fingerprint density at radius 2 is 2.00 bits per heavy atom. The van der Waals surface area contributed by atoms with Gasteiger partial charge < -0.3 is 9.64 Å². The largest absolute Gasteiger partial charge is 0.378 e. The van der Waals surface area contributed by atoms with Gasteiger partial charge in [-0.05, 0) is 12.1 Å². The van der Waals surface area contributed by atoms with Gasteiger partial charge in [-0.15, -0.1) is 0 Å². The van der Waals surface area contributed by atoms with Gasteiger partial charge in [0.2, 0.25) is 0 Å².